The lowest BCUT2D eigenvalue weighted by Gasteiger charge is -2.34. The van der Waals surface area contributed by atoms with Gasteiger partial charge in [-0.25, -0.2) is 0 Å². The van der Waals surface area contributed by atoms with Gasteiger partial charge in [0, 0.05) is 12.1 Å². The lowest BCUT2D eigenvalue weighted by Crippen LogP contribution is -2.44. The molecule has 0 spiro atoms. The fourth-order valence-electron chi connectivity index (χ4n) is 3.02. The third-order valence-electron chi connectivity index (χ3n) is 4.61. The molecule has 1 saturated carbocycles. The molecule has 1 saturated heterocycles. The molecule has 2 aliphatic rings. The van der Waals surface area contributed by atoms with Gasteiger partial charge in [0.15, 0.2) is 5.82 Å². The van der Waals surface area contributed by atoms with Gasteiger partial charge in [-0.05, 0) is 46.0 Å². The predicted octanol–water partition coefficient (Wildman–Crippen LogP) is 1.78. The van der Waals surface area contributed by atoms with Gasteiger partial charge < -0.3 is 10.3 Å². The van der Waals surface area contributed by atoms with Crippen LogP contribution in [0, 0.1) is 0 Å². The van der Waals surface area contributed by atoms with E-state index in [9.17, 15) is 0 Å². The van der Waals surface area contributed by atoms with Crippen LogP contribution in [0.1, 0.15) is 57.7 Å². The van der Waals surface area contributed by atoms with E-state index in [0.717, 1.165) is 19.4 Å². The monoisotopic (exact) mass is 250 g/mol. The Morgan fingerprint density at radius 3 is 2.56 bits per heavy atom. The van der Waals surface area contributed by atoms with Crippen LogP contribution in [0.2, 0.25) is 0 Å². The van der Waals surface area contributed by atoms with Gasteiger partial charge >= 0.3 is 0 Å². The molecule has 0 aromatic carbocycles. The Hall–Kier alpha value is -0.940. The summed E-state index contributed by atoms with van der Waals surface area (Å²) >= 11 is 0. The Balaban J connectivity index is 1.70. The molecule has 100 valence electrons. The Morgan fingerprint density at radius 2 is 2.00 bits per heavy atom. The average molecular weight is 250 g/mol. The van der Waals surface area contributed by atoms with Crippen molar-refractivity contribution in [3.8, 4) is 0 Å². The SMILES string of the molecule is CC1CCC(C)N1Cc1nc(C2(N)CCC2)no1. The molecule has 2 heterocycles. The minimum atomic E-state index is -0.315. The van der Waals surface area contributed by atoms with E-state index in [1.165, 1.54) is 19.3 Å². The van der Waals surface area contributed by atoms with E-state index in [4.69, 9.17) is 10.3 Å². The van der Waals surface area contributed by atoms with Gasteiger partial charge in [0.2, 0.25) is 5.89 Å². The molecule has 0 bridgehead atoms. The van der Waals surface area contributed by atoms with E-state index in [0.29, 0.717) is 23.8 Å². The molecule has 18 heavy (non-hydrogen) atoms. The van der Waals surface area contributed by atoms with Crippen LogP contribution in [-0.4, -0.2) is 27.1 Å². The van der Waals surface area contributed by atoms with Crippen LogP contribution >= 0.6 is 0 Å². The topological polar surface area (TPSA) is 68.2 Å². The summed E-state index contributed by atoms with van der Waals surface area (Å²) in [7, 11) is 0. The molecule has 0 radical (unpaired) electrons. The second kappa shape index (κ2) is 4.31. The highest BCUT2D eigenvalue weighted by Gasteiger charge is 2.39. The predicted molar refractivity (Wildman–Crippen MR) is 67.7 cm³/mol. The molecular weight excluding hydrogens is 228 g/mol. The zero-order chi connectivity index (χ0) is 12.8. The molecule has 2 atom stereocenters. The molecule has 2 N–H and O–H groups in total. The van der Waals surface area contributed by atoms with E-state index in [2.05, 4.69) is 28.9 Å². The van der Waals surface area contributed by atoms with Crippen molar-refractivity contribution < 1.29 is 4.52 Å². The van der Waals surface area contributed by atoms with Crippen LogP contribution in [0.5, 0.6) is 0 Å². The lowest BCUT2D eigenvalue weighted by molar-refractivity contribution is 0.177. The Bertz CT molecular complexity index is 416. The quantitative estimate of drug-likeness (QED) is 0.885. The Labute approximate surface area is 108 Å². The fourth-order valence-corrected chi connectivity index (χ4v) is 3.02. The van der Waals surface area contributed by atoms with Crippen LogP contribution in [0.25, 0.3) is 0 Å². The minimum Gasteiger partial charge on any atom is -0.338 e. The fraction of sp³-hybridized carbons (Fsp3) is 0.846. The lowest BCUT2D eigenvalue weighted by atomic mass is 9.77. The van der Waals surface area contributed by atoms with E-state index in [1.54, 1.807) is 0 Å². The van der Waals surface area contributed by atoms with Crippen molar-refractivity contribution in [3.63, 3.8) is 0 Å². The van der Waals surface area contributed by atoms with E-state index < -0.39 is 0 Å². The van der Waals surface area contributed by atoms with Crippen molar-refractivity contribution in [2.45, 2.75) is 70.1 Å². The van der Waals surface area contributed by atoms with Gasteiger partial charge in [0.25, 0.3) is 0 Å². The number of hydrogen-bond acceptors (Lipinski definition) is 5. The Kier molecular flexibility index (Phi) is 2.90. The second-order valence-corrected chi connectivity index (χ2v) is 5.97. The second-order valence-electron chi connectivity index (χ2n) is 5.97. The maximum atomic E-state index is 6.20. The summed E-state index contributed by atoms with van der Waals surface area (Å²) in [5.41, 5.74) is 5.89. The third-order valence-corrected chi connectivity index (χ3v) is 4.61. The maximum absolute atomic E-state index is 6.20. The summed E-state index contributed by atoms with van der Waals surface area (Å²) in [4.78, 5) is 6.92. The van der Waals surface area contributed by atoms with E-state index in [1.807, 2.05) is 0 Å². The van der Waals surface area contributed by atoms with Crippen LogP contribution < -0.4 is 5.73 Å². The highest BCUT2D eigenvalue weighted by Crippen LogP contribution is 2.37. The zero-order valence-corrected chi connectivity index (χ0v) is 11.2. The molecule has 1 aromatic rings. The summed E-state index contributed by atoms with van der Waals surface area (Å²) in [6.45, 7) is 5.28. The highest BCUT2D eigenvalue weighted by molar-refractivity contribution is 5.08. The third kappa shape index (κ3) is 1.95. The van der Waals surface area contributed by atoms with Crippen molar-refractivity contribution in [3.05, 3.63) is 11.7 Å². The summed E-state index contributed by atoms with van der Waals surface area (Å²) in [6.07, 6.45) is 5.62. The first-order chi connectivity index (χ1) is 8.58. The highest BCUT2D eigenvalue weighted by atomic mass is 16.5. The molecule has 1 aliphatic carbocycles. The van der Waals surface area contributed by atoms with Crippen LogP contribution in [-0.2, 0) is 12.1 Å². The van der Waals surface area contributed by atoms with Crippen LogP contribution in [0.3, 0.4) is 0 Å². The van der Waals surface area contributed by atoms with Crippen molar-refractivity contribution in [2.75, 3.05) is 0 Å². The number of nitrogens with two attached hydrogens (primary N) is 1. The molecule has 2 fully saturated rings. The smallest absolute Gasteiger partial charge is 0.240 e. The van der Waals surface area contributed by atoms with Crippen LogP contribution in [0.4, 0.5) is 0 Å². The zero-order valence-electron chi connectivity index (χ0n) is 11.2. The number of likely N-dealkylation sites (tertiary alicyclic amines) is 1. The normalized spacial score (nSPS) is 31.5. The van der Waals surface area contributed by atoms with Gasteiger partial charge in [-0.2, -0.15) is 4.98 Å². The number of hydrogen-bond donors (Lipinski definition) is 1. The van der Waals surface area contributed by atoms with Crippen molar-refractivity contribution in [1.29, 1.82) is 0 Å². The summed E-state index contributed by atoms with van der Waals surface area (Å²) in [5, 5.41) is 4.06. The molecule has 0 amide bonds. The molecule has 2 unspecified atom stereocenters. The average Bonchev–Trinajstić information content (AvgIpc) is 2.88. The first kappa shape index (κ1) is 12.1. The number of rotatable bonds is 3. The number of nitrogens with zero attached hydrogens (tertiary/aromatic N) is 3. The largest absolute Gasteiger partial charge is 0.338 e. The molecule has 1 aromatic heterocycles. The molecular formula is C13H22N4O. The summed E-state index contributed by atoms with van der Waals surface area (Å²) < 4.78 is 5.36. The number of aromatic nitrogens is 2. The van der Waals surface area contributed by atoms with Gasteiger partial charge in [-0.1, -0.05) is 5.16 Å². The van der Waals surface area contributed by atoms with Crippen molar-refractivity contribution in [2.24, 2.45) is 5.73 Å². The minimum absolute atomic E-state index is 0.315. The Morgan fingerprint density at radius 1 is 1.33 bits per heavy atom. The molecule has 5 nitrogen and oxygen atoms in total. The van der Waals surface area contributed by atoms with Gasteiger partial charge in [-0.3, -0.25) is 4.90 Å². The van der Waals surface area contributed by atoms with E-state index >= 15 is 0 Å². The van der Waals surface area contributed by atoms with Gasteiger partial charge in [0.05, 0.1) is 12.1 Å². The first-order valence-corrected chi connectivity index (χ1v) is 6.96. The van der Waals surface area contributed by atoms with Crippen LogP contribution in [0.15, 0.2) is 4.52 Å². The first-order valence-electron chi connectivity index (χ1n) is 6.96. The van der Waals surface area contributed by atoms with E-state index in [-0.39, 0.29) is 5.54 Å². The maximum Gasteiger partial charge on any atom is 0.240 e. The van der Waals surface area contributed by atoms with Crippen molar-refractivity contribution >= 4 is 0 Å². The molecule has 3 rings (SSSR count). The van der Waals surface area contributed by atoms with Gasteiger partial charge in [-0.15, -0.1) is 0 Å². The molecule has 1 aliphatic heterocycles. The van der Waals surface area contributed by atoms with Gasteiger partial charge in [0.1, 0.15) is 0 Å². The molecule has 5 heteroatoms. The van der Waals surface area contributed by atoms with Crippen molar-refractivity contribution in [1.82, 2.24) is 15.0 Å². The summed E-state index contributed by atoms with van der Waals surface area (Å²) in [5.74, 6) is 1.41. The standard InChI is InChI=1S/C13H22N4O/c1-9-4-5-10(2)17(9)8-11-15-12(16-18-11)13(14)6-3-7-13/h9-10H,3-8,14H2,1-2H3. The summed E-state index contributed by atoms with van der Waals surface area (Å²) in [6, 6.07) is 1.21.